The highest BCUT2D eigenvalue weighted by Gasteiger charge is 2.23. The molecule has 0 radical (unpaired) electrons. The highest BCUT2D eigenvalue weighted by molar-refractivity contribution is 5.91. The quantitative estimate of drug-likeness (QED) is 0.645. The number of amides is 1. The molecule has 1 atom stereocenters. The zero-order valence-corrected chi connectivity index (χ0v) is 13.9. The second kappa shape index (κ2) is 7.54. The summed E-state index contributed by atoms with van der Waals surface area (Å²) in [6.45, 7) is 2.45. The van der Waals surface area contributed by atoms with Gasteiger partial charge in [0.05, 0.1) is 25.0 Å². The van der Waals surface area contributed by atoms with Crippen LogP contribution >= 0.6 is 0 Å². The van der Waals surface area contributed by atoms with Crippen molar-refractivity contribution in [2.24, 2.45) is 0 Å². The van der Waals surface area contributed by atoms with Crippen LogP contribution in [0.25, 0.3) is 0 Å². The van der Waals surface area contributed by atoms with Gasteiger partial charge in [0.2, 0.25) is 5.76 Å². The summed E-state index contributed by atoms with van der Waals surface area (Å²) in [6.07, 6.45) is 6.94. The molecule has 0 unspecified atom stereocenters. The van der Waals surface area contributed by atoms with Crippen molar-refractivity contribution in [3.8, 4) is 12.3 Å². The Bertz CT molecular complexity index is 860. The predicted octanol–water partition coefficient (Wildman–Crippen LogP) is 3.70. The summed E-state index contributed by atoms with van der Waals surface area (Å²) in [5.41, 5.74) is 1.80. The first kappa shape index (κ1) is 16.6. The van der Waals surface area contributed by atoms with Crippen LogP contribution in [0.4, 0.5) is 0 Å². The van der Waals surface area contributed by atoms with Crippen molar-refractivity contribution >= 4 is 5.91 Å². The molecule has 0 saturated carbocycles. The van der Waals surface area contributed by atoms with E-state index >= 15 is 0 Å². The number of furan rings is 1. The fourth-order valence-corrected chi connectivity index (χ4v) is 2.56. The normalized spacial score (nSPS) is 11.7. The maximum Gasteiger partial charge on any atom is 0.293 e. The van der Waals surface area contributed by atoms with Gasteiger partial charge in [-0.2, -0.15) is 0 Å². The topological polar surface area (TPSA) is 59.5 Å². The van der Waals surface area contributed by atoms with Crippen LogP contribution in [0.3, 0.4) is 0 Å². The molecule has 2 heterocycles. The minimum absolute atomic E-state index is 0.0256. The first-order chi connectivity index (χ1) is 12.2. The molecule has 0 aliphatic rings. The van der Waals surface area contributed by atoms with Crippen LogP contribution in [-0.4, -0.2) is 22.5 Å². The molecular weight excluding hydrogens is 316 g/mol. The van der Waals surface area contributed by atoms with Crippen LogP contribution in [0, 0.1) is 12.3 Å². The third kappa shape index (κ3) is 3.81. The zero-order valence-electron chi connectivity index (χ0n) is 13.9. The molecule has 0 bridgehead atoms. The van der Waals surface area contributed by atoms with Crippen molar-refractivity contribution in [2.45, 2.75) is 19.4 Å². The number of carbonyl (C=O) groups is 1. The Morgan fingerprint density at radius 3 is 2.76 bits per heavy atom. The molecule has 0 spiro atoms. The van der Waals surface area contributed by atoms with E-state index in [9.17, 15) is 4.79 Å². The summed E-state index contributed by atoms with van der Waals surface area (Å²) in [5, 5.41) is 4.06. The Morgan fingerprint density at radius 2 is 2.08 bits per heavy atom. The van der Waals surface area contributed by atoms with Gasteiger partial charge in [-0.05, 0) is 17.7 Å². The lowest BCUT2D eigenvalue weighted by molar-refractivity contribution is 0.0713. The molecule has 1 aromatic carbocycles. The monoisotopic (exact) mass is 334 g/mol. The molecule has 126 valence electrons. The van der Waals surface area contributed by atoms with E-state index in [4.69, 9.17) is 15.4 Å². The van der Waals surface area contributed by atoms with Gasteiger partial charge in [0.15, 0.2) is 0 Å². The smallest absolute Gasteiger partial charge is 0.293 e. The van der Waals surface area contributed by atoms with Crippen molar-refractivity contribution in [3.63, 3.8) is 0 Å². The van der Waals surface area contributed by atoms with Crippen LogP contribution in [0.1, 0.15) is 40.4 Å². The summed E-state index contributed by atoms with van der Waals surface area (Å²) in [6, 6.07) is 15.2. The molecule has 0 aliphatic carbocycles. The zero-order chi connectivity index (χ0) is 17.6. The number of hydrogen-bond donors (Lipinski definition) is 0. The predicted molar refractivity (Wildman–Crippen MR) is 92.7 cm³/mol. The number of rotatable bonds is 6. The molecule has 0 saturated heterocycles. The maximum atomic E-state index is 12.7. The lowest BCUT2D eigenvalue weighted by atomic mass is 9.98. The number of aromatic nitrogens is 1. The molecule has 0 fully saturated rings. The van der Waals surface area contributed by atoms with Gasteiger partial charge in [0.1, 0.15) is 5.76 Å². The standard InChI is InChI=1S/C20H18N2O3/c1-3-11-22(14-17-10-7-12-24-17)20(23)19-13-18(21-25-19)15(2)16-8-5-4-6-9-16/h1,4-10,12-13,15H,11,14H2,2H3/t15-/m0/s1. The second-order valence-corrected chi connectivity index (χ2v) is 5.69. The van der Waals surface area contributed by atoms with Crippen molar-refractivity contribution < 1.29 is 13.7 Å². The van der Waals surface area contributed by atoms with Gasteiger partial charge < -0.3 is 13.8 Å². The second-order valence-electron chi connectivity index (χ2n) is 5.69. The lowest BCUT2D eigenvalue weighted by Gasteiger charge is -2.17. The number of benzene rings is 1. The van der Waals surface area contributed by atoms with E-state index < -0.39 is 0 Å². The lowest BCUT2D eigenvalue weighted by Crippen LogP contribution is -2.30. The molecule has 5 heteroatoms. The van der Waals surface area contributed by atoms with Crippen LogP contribution in [0.5, 0.6) is 0 Å². The molecule has 2 aromatic heterocycles. The highest BCUT2D eigenvalue weighted by Crippen LogP contribution is 2.24. The van der Waals surface area contributed by atoms with E-state index in [-0.39, 0.29) is 30.7 Å². The first-order valence-electron chi connectivity index (χ1n) is 7.95. The van der Waals surface area contributed by atoms with Gasteiger partial charge in [-0.25, -0.2) is 0 Å². The Kier molecular flexibility index (Phi) is 5.00. The minimum Gasteiger partial charge on any atom is -0.467 e. The summed E-state index contributed by atoms with van der Waals surface area (Å²) in [7, 11) is 0. The molecule has 0 aliphatic heterocycles. The Hall–Kier alpha value is -3.26. The number of hydrogen-bond acceptors (Lipinski definition) is 4. The molecule has 3 aromatic rings. The van der Waals surface area contributed by atoms with Crippen molar-refractivity contribution in [1.29, 1.82) is 0 Å². The van der Waals surface area contributed by atoms with Gasteiger partial charge in [0.25, 0.3) is 5.91 Å². The summed E-state index contributed by atoms with van der Waals surface area (Å²) >= 11 is 0. The van der Waals surface area contributed by atoms with Crippen LogP contribution in [0.2, 0.25) is 0 Å². The Labute approximate surface area is 146 Å². The molecule has 1 amide bonds. The van der Waals surface area contributed by atoms with E-state index in [1.807, 2.05) is 37.3 Å². The van der Waals surface area contributed by atoms with Gasteiger partial charge >= 0.3 is 0 Å². The fourth-order valence-electron chi connectivity index (χ4n) is 2.56. The van der Waals surface area contributed by atoms with Crippen LogP contribution < -0.4 is 0 Å². The van der Waals surface area contributed by atoms with E-state index in [0.29, 0.717) is 11.5 Å². The van der Waals surface area contributed by atoms with Gasteiger partial charge in [-0.15, -0.1) is 6.42 Å². The SMILES string of the molecule is C#CCN(Cc1ccco1)C(=O)c1cc([C@@H](C)c2ccccc2)no1. The molecule has 3 rings (SSSR count). The van der Waals surface area contributed by atoms with Gasteiger partial charge in [0, 0.05) is 12.0 Å². The van der Waals surface area contributed by atoms with E-state index in [0.717, 1.165) is 5.56 Å². The maximum absolute atomic E-state index is 12.7. The summed E-state index contributed by atoms with van der Waals surface area (Å²) in [4.78, 5) is 14.2. The average molecular weight is 334 g/mol. The van der Waals surface area contributed by atoms with Crippen molar-refractivity contribution in [3.05, 3.63) is 77.6 Å². The number of nitrogens with zero attached hydrogens (tertiary/aromatic N) is 2. The molecular formula is C20H18N2O3. The van der Waals surface area contributed by atoms with Crippen molar-refractivity contribution in [2.75, 3.05) is 6.54 Å². The molecule has 0 N–H and O–H groups in total. The van der Waals surface area contributed by atoms with Gasteiger partial charge in [-0.1, -0.05) is 48.3 Å². The Balaban J connectivity index is 1.77. The van der Waals surface area contributed by atoms with Crippen LogP contribution in [-0.2, 0) is 6.54 Å². The van der Waals surface area contributed by atoms with Gasteiger partial charge in [-0.3, -0.25) is 4.79 Å². The largest absolute Gasteiger partial charge is 0.467 e. The molecule has 5 nitrogen and oxygen atoms in total. The van der Waals surface area contributed by atoms with Crippen LogP contribution in [0.15, 0.2) is 63.7 Å². The van der Waals surface area contributed by atoms with E-state index in [2.05, 4.69) is 11.1 Å². The minimum atomic E-state index is -0.312. The van der Waals surface area contributed by atoms with Crippen molar-refractivity contribution in [1.82, 2.24) is 10.1 Å². The number of terminal acetylenes is 1. The van der Waals surface area contributed by atoms with E-state index in [1.165, 1.54) is 4.90 Å². The summed E-state index contributed by atoms with van der Waals surface area (Å²) in [5.74, 6) is 3.02. The van der Waals surface area contributed by atoms with E-state index in [1.54, 1.807) is 24.5 Å². The third-order valence-corrected chi connectivity index (χ3v) is 3.98. The first-order valence-corrected chi connectivity index (χ1v) is 7.95. The average Bonchev–Trinajstić information content (AvgIpc) is 3.33. The summed E-state index contributed by atoms with van der Waals surface area (Å²) < 4.78 is 10.6. The highest BCUT2D eigenvalue weighted by atomic mass is 16.5. The Morgan fingerprint density at radius 1 is 1.28 bits per heavy atom. The number of carbonyl (C=O) groups excluding carboxylic acids is 1. The third-order valence-electron chi connectivity index (χ3n) is 3.98. The fraction of sp³-hybridized carbons (Fsp3) is 0.200. The molecule has 25 heavy (non-hydrogen) atoms.